The Morgan fingerprint density at radius 2 is 0.381 bits per heavy atom. The van der Waals surface area contributed by atoms with E-state index in [0.717, 1.165) is 96.7 Å². The van der Waals surface area contributed by atoms with Gasteiger partial charge in [0.1, 0.15) is 0 Å². The first kappa shape index (κ1) is 129. The number of carboxylic acids is 3. The molecule has 0 spiro atoms. The Morgan fingerprint density at radius 3 is 0.517 bits per heavy atom. The van der Waals surface area contributed by atoms with Crippen molar-refractivity contribution in [1.29, 1.82) is 0 Å². The molecule has 0 aliphatic heterocycles. The van der Waals surface area contributed by atoms with Crippen LogP contribution in [-0.2, 0) is 34.8 Å². The van der Waals surface area contributed by atoms with E-state index in [-0.39, 0.29) is 72.2 Å². The first-order chi connectivity index (χ1) is 54.7. The van der Waals surface area contributed by atoms with E-state index in [4.69, 9.17) is 17.2 Å². The number of allylic oxidation sites excluding steroid dienone is 6. The molecule has 712 valence electrons. The van der Waals surface area contributed by atoms with Gasteiger partial charge in [0.25, 0.3) is 0 Å². The normalized spacial score (nSPS) is 14.5. The second-order valence-corrected chi connectivity index (χ2v) is 44.6. The van der Waals surface area contributed by atoms with E-state index in [1.807, 2.05) is 0 Å². The monoisotopic (exact) mass is 1760 g/mol. The molecule has 0 saturated heterocycles. The summed E-state index contributed by atoms with van der Waals surface area (Å²) in [4.78, 5) is 34.6. The first-order valence-corrected chi connectivity index (χ1v) is 50.4. The van der Waals surface area contributed by atoms with E-state index in [0.29, 0.717) is 34.0 Å². The zero-order chi connectivity index (χ0) is 90.5. The van der Waals surface area contributed by atoms with Crippen LogP contribution in [0.1, 0.15) is 534 Å². The molecule has 0 saturated carbocycles. The van der Waals surface area contributed by atoms with Crippen LogP contribution in [0.5, 0.6) is 0 Å². The Balaban J connectivity index is -0.000000250. The molecule has 10 heteroatoms. The minimum absolute atomic E-state index is 0. The van der Waals surface area contributed by atoms with Crippen LogP contribution in [0.15, 0.2) is 36.5 Å². The Labute approximate surface area is 755 Å². The van der Waals surface area contributed by atoms with Gasteiger partial charge in [-0.05, 0) is 261 Å². The maximum Gasteiger partial charge on any atom is 0.306 e. The molecular formula is C108H219N3O6Pd. The van der Waals surface area contributed by atoms with Crippen LogP contribution in [0.25, 0.3) is 0 Å². The summed E-state index contributed by atoms with van der Waals surface area (Å²) in [7, 11) is 0. The molecule has 0 bridgehead atoms. The molecule has 118 heavy (non-hydrogen) atoms. The summed E-state index contributed by atoms with van der Waals surface area (Å²) in [5, 5.41) is 28.5. The van der Waals surface area contributed by atoms with E-state index in [1.165, 1.54) is 270 Å². The third-order valence-corrected chi connectivity index (χ3v) is 22.8. The number of hydrogen-bond acceptors (Lipinski definition) is 6. The molecule has 9 nitrogen and oxygen atoms in total. The summed E-state index contributed by atoms with van der Waals surface area (Å²) in [6.45, 7) is 62.4. The predicted molar refractivity (Wildman–Crippen MR) is 526 cm³/mol. The fraction of sp³-hybridized carbons (Fsp3) is 0.917. The van der Waals surface area contributed by atoms with Crippen LogP contribution in [0.3, 0.4) is 0 Å². The van der Waals surface area contributed by atoms with Crippen molar-refractivity contribution >= 4 is 17.9 Å². The van der Waals surface area contributed by atoms with Gasteiger partial charge >= 0.3 is 17.9 Å². The van der Waals surface area contributed by atoms with Gasteiger partial charge in [0.2, 0.25) is 0 Å². The quantitative estimate of drug-likeness (QED) is 0.0196. The van der Waals surface area contributed by atoms with Gasteiger partial charge in [-0.15, -0.1) is 0 Å². The van der Waals surface area contributed by atoms with Crippen LogP contribution in [0, 0.1) is 85.8 Å². The maximum atomic E-state index is 11.5. The number of rotatable bonds is 66. The van der Waals surface area contributed by atoms with E-state index in [9.17, 15) is 29.7 Å². The van der Waals surface area contributed by atoms with Crippen molar-refractivity contribution in [3.8, 4) is 0 Å². The van der Waals surface area contributed by atoms with E-state index < -0.39 is 17.9 Å². The number of unbranched alkanes of at least 4 members (excludes halogenated alkanes) is 36. The molecule has 0 aromatic heterocycles. The van der Waals surface area contributed by atoms with Crippen LogP contribution in [-0.4, -0.2) is 52.9 Å². The maximum absolute atomic E-state index is 11.5. The Morgan fingerprint density at radius 1 is 0.237 bits per heavy atom. The standard InChI is InChI=1S/3C18H37N.3C18H36O2.Pd/c3*1-2-3-4-5-6-7-8-9-10-11-12-13-14-15-16-17-18-19;3*1-13(11-17(3,4)5)9-10-15(16(19)20)14(2)12-18(6,7)8;/h3*9-10H,2-8,11-19H2,1H3;3*13-15H,9-12H2,1-8H3,(H,19,20);/b3*10-9-;;;;. The van der Waals surface area contributed by atoms with Crippen molar-refractivity contribution in [2.24, 2.45) is 103 Å². The SMILES string of the molecule is CC(CCC(C(=O)O)C(C)CC(C)(C)C)CC(C)(C)C.CC(CCC(C(=O)O)C(C)CC(C)(C)C)CC(C)(C)C.CC(CCC(C(=O)O)C(C)CC(C)(C)C)CC(C)(C)C.CCCCCCCC/C=C\CCCCCCCCN.CCCCCCCC/C=C\CCCCCCCCN.CCCCCCCC/C=C\CCCCCCCCN.[Pd]. The summed E-state index contributed by atoms with van der Waals surface area (Å²) < 4.78 is 0. The smallest absolute Gasteiger partial charge is 0.306 e. The van der Waals surface area contributed by atoms with Crippen molar-refractivity contribution < 1.29 is 50.1 Å². The largest absolute Gasteiger partial charge is 0.481 e. The molecule has 0 amide bonds. The second-order valence-electron chi connectivity index (χ2n) is 44.6. The van der Waals surface area contributed by atoms with Crippen molar-refractivity contribution in [1.82, 2.24) is 0 Å². The van der Waals surface area contributed by atoms with Gasteiger partial charge in [-0.1, -0.05) is 397 Å². The Kier molecular flexibility index (Phi) is 92.8. The Hall–Kier alpha value is -1.83. The van der Waals surface area contributed by atoms with Crippen molar-refractivity contribution in [3.05, 3.63) is 36.5 Å². The van der Waals surface area contributed by atoms with E-state index in [2.05, 4.69) is 223 Å². The summed E-state index contributed by atoms with van der Waals surface area (Å²) in [5.41, 5.74) is 18.0. The molecule has 0 aromatic carbocycles. The second kappa shape index (κ2) is 84.7. The van der Waals surface area contributed by atoms with E-state index in [1.54, 1.807) is 0 Å². The third kappa shape index (κ3) is 110. The molecule has 0 fully saturated rings. The zero-order valence-electron chi connectivity index (χ0n) is 85.1. The molecule has 0 heterocycles. The molecule has 9 unspecified atom stereocenters. The zero-order valence-corrected chi connectivity index (χ0v) is 86.6. The molecule has 9 N–H and O–H groups in total. The van der Waals surface area contributed by atoms with Gasteiger partial charge in [-0.2, -0.15) is 0 Å². The van der Waals surface area contributed by atoms with Gasteiger partial charge in [0.15, 0.2) is 0 Å². The Bertz CT molecular complexity index is 1960. The molecule has 9 atom stereocenters. The third-order valence-electron chi connectivity index (χ3n) is 22.8. The molecule has 0 radical (unpaired) electrons. The van der Waals surface area contributed by atoms with Gasteiger partial charge in [-0.3, -0.25) is 14.4 Å². The summed E-state index contributed by atoms with van der Waals surface area (Å²) in [6.07, 6.45) is 83.5. The first-order valence-electron chi connectivity index (χ1n) is 50.4. The summed E-state index contributed by atoms with van der Waals surface area (Å²) in [6, 6.07) is 0. The topological polar surface area (TPSA) is 190 Å². The minimum Gasteiger partial charge on any atom is -0.481 e. The number of carbonyl (C=O) groups is 3. The van der Waals surface area contributed by atoms with Gasteiger partial charge in [0, 0.05) is 20.4 Å². The fourth-order valence-electron chi connectivity index (χ4n) is 17.3. The average molecular weight is 1760 g/mol. The molecule has 0 aliphatic carbocycles. The molecule has 0 aliphatic rings. The van der Waals surface area contributed by atoms with Crippen molar-refractivity contribution in [3.63, 3.8) is 0 Å². The van der Waals surface area contributed by atoms with Crippen LogP contribution >= 0.6 is 0 Å². The van der Waals surface area contributed by atoms with Crippen molar-refractivity contribution in [2.75, 3.05) is 19.6 Å². The van der Waals surface area contributed by atoms with Crippen molar-refractivity contribution in [2.45, 2.75) is 534 Å². The summed E-state index contributed by atoms with van der Waals surface area (Å²) >= 11 is 0. The summed E-state index contributed by atoms with van der Waals surface area (Å²) in [5.74, 6) is 0.0677. The fourth-order valence-corrected chi connectivity index (χ4v) is 17.3. The minimum atomic E-state index is -0.621. The predicted octanol–water partition coefficient (Wildman–Crippen LogP) is 34.8. The van der Waals surface area contributed by atoms with Crippen LogP contribution in [0.4, 0.5) is 0 Å². The number of hydrogen-bond donors (Lipinski definition) is 6. The molecular weight excluding hydrogens is 1540 g/mol. The van der Waals surface area contributed by atoms with E-state index >= 15 is 0 Å². The molecule has 0 rings (SSSR count). The average Bonchev–Trinajstić information content (AvgIpc) is 0.889. The van der Waals surface area contributed by atoms with Crippen LogP contribution < -0.4 is 17.2 Å². The van der Waals surface area contributed by atoms with Crippen LogP contribution in [0.2, 0.25) is 0 Å². The number of aliphatic carboxylic acids is 3. The number of carboxylic acid groups (broad SMARTS) is 3. The van der Waals surface area contributed by atoms with Gasteiger partial charge in [-0.25, -0.2) is 0 Å². The van der Waals surface area contributed by atoms with Gasteiger partial charge in [0.05, 0.1) is 17.8 Å². The van der Waals surface area contributed by atoms with Gasteiger partial charge < -0.3 is 32.5 Å². The molecule has 0 aromatic rings. The number of nitrogens with two attached hydrogens (primary N) is 3.